The highest BCUT2D eigenvalue weighted by atomic mass is 32.2. The highest BCUT2D eigenvalue weighted by molar-refractivity contribution is 7.90. The molecule has 3 N–H and O–H groups in total. The number of anilines is 2. The number of alkyl halides is 6. The minimum atomic E-state index is -4.99. The van der Waals surface area contributed by atoms with Crippen molar-refractivity contribution in [3.05, 3.63) is 144 Å². The van der Waals surface area contributed by atoms with E-state index in [0.717, 1.165) is 26.8 Å². The number of benzene rings is 2. The number of aliphatic hydroxyl groups excluding tert-OH is 1. The van der Waals surface area contributed by atoms with Gasteiger partial charge in [-0.05, 0) is 115 Å². The van der Waals surface area contributed by atoms with Crippen molar-refractivity contribution in [2.75, 3.05) is 30.3 Å². The van der Waals surface area contributed by atoms with Gasteiger partial charge < -0.3 is 24.8 Å². The van der Waals surface area contributed by atoms with Gasteiger partial charge in [0.1, 0.15) is 22.6 Å². The molecule has 2 unspecified atom stereocenters. The Kier molecular flexibility index (Phi) is 15.2. The topological polar surface area (TPSA) is 275 Å². The van der Waals surface area contributed by atoms with Crippen LogP contribution in [0.25, 0.3) is 67.1 Å². The maximum Gasteiger partial charge on any atom is 0.419 e. The molecule has 0 bridgehead atoms. The van der Waals surface area contributed by atoms with E-state index in [1.165, 1.54) is 60.7 Å². The van der Waals surface area contributed by atoms with E-state index >= 15 is 26.3 Å². The van der Waals surface area contributed by atoms with Gasteiger partial charge >= 0.3 is 12.4 Å². The first-order valence-corrected chi connectivity index (χ1v) is 32.9. The van der Waals surface area contributed by atoms with Crippen LogP contribution < -0.4 is 10.6 Å². The number of aliphatic hydroxyl groups is 1. The fourth-order valence-corrected chi connectivity index (χ4v) is 16.5. The zero-order valence-corrected chi connectivity index (χ0v) is 51.7. The molecule has 2 saturated heterocycles. The first-order chi connectivity index (χ1) is 44.3. The molecule has 2 aliphatic heterocycles. The van der Waals surface area contributed by atoms with Gasteiger partial charge in [0.25, 0.3) is 20.0 Å². The van der Waals surface area contributed by atoms with Crippen molar-refractivity contribution in [2.24, 2.45) is 5.92 Å². The number of carbonyl (C=O) groups is 1. The summed E-state index contributed by atoms with van der Waals surface area (Å²) in [4.78, 5) is 44.9. The SMILES string of the molecule is Cc1noc(C)c1-c1ccc2c(-c3nc(N[C@H]4CCC[C@H]4N4CC(O)C4C(=O)C4CN([C@H]5CCC[C@@H]5Nc5ncc(C(F)(F)F)c(-c6cn(S(=O)(=O)c7ccccc7)c7nc(-c8c(C)noc8C)ccc67)n5)C4)ncc3C(F)(F)F)cn(S(=O)(=O)c3ccccc3)c2n1. The van der Waals surface area contributed by atoms with Crippen LogP contribution in [0.15, 0.2) is 129 Å². The minimum absolute atomic E-state index is 0.0492. The molecular formula is C63H58F6N14O8S2. The fourth-order valence-electron chi connectivity index (χ4n) is 13.8. The Hall–Kier alpha value is -8.97. The molecule has 2 saturated carbocycles. The van der Waals surface area contributed by atoms with Crippen molar-refractivity contribution in [1.29, 1.82) is 0 Å². The standard InChI is InChI=1S/C63H58F6N14O8S2/c1-32-52(34(3)90-78-32)47-23-21-39-41(29-82(58(39)72-47)92(86,87)37-13-7-5-8-14-37)54-43(62(64,65)66)25-70-60(76-54)74-45-17-11-19-49(45)80-27-36(28-80)57(85)56-51(84)31-81(56)50-20-12-18-46(50)75-61-71-26-44(63(67,68)69)55(77-61)42-30-83(93(88,89)38-15-9-6-10-16-38)59-40(42)22-24-48(73-59)53-33(2)79-91-35(53)4/h5-10,13-16,21-26,29-30,36,45-46,49-51,56,84H,11-12,17-20,27-28,31H2,1-4H3,(H,70,74,76)(H,71,75,77)/t45-,46-,49-,50+,51?,56?/m0/s1. The summed E-state index contributed by atoms with van der Waals surface area (Å²) in [5, 5.41) is 25.9. The average Bonchev–Trinajstić information content (AvgIpc) is 1.75. The number of Topliss-reactive ketones (excluding diaryl/α,β-unsaturated/α-hetero) is 1. The minimum Gasteiger partial charge on any atom is -0.390 e. The Balaban J connectivity index is 0.697. The second kappa shape index (κ2) is 22.9. The van der Waals surface area contributed by atoms with Gasteiger partial charge in [-0.2, -0.15) is 26.3 Å². The molecule has 4 fully saturated rings. The number of hydrogen-bond donors (Lipinski definition) is 3. The molecule has 4 aliphatic rings. The van der Waals surface area contributed by atoms with Crippen molar-refractivity contribution in [3.63, 3.8) is 0 Å². The van der Waals surface area contributed by atoms with E-state index in [9.17, 15) is 26.7 Å². The van der Waals surface area contributed by atoms with E-state index < -0.39 is 79.0 Å². The van der Waals surface area contributed by atoms with Crippen LogP contribution in [0.1, 0.15) is 72.6 Å². The number of halogens is 6. The molecule has 0 amide bonds. The van der Waals surface area contributed by atoms with Gasteiger partial charge in [0.15, 0.2) is 17.1 Å². The van der Waals surface area contributed by atoms with Gasteiger partial charge in [0, 0.05) is 96.4 Å². The third-order valence-corrected chi connectivity index (χ3v) is 21.7. The lowest BCUT2D eigenvalue weighted by Crippen LogP contribution is -2.71. The number of hydrogen-bond acceptors (Lipinski definition) is 20. The van der Waals surface area contributed by atoms with E-state index in [0.29, 0.717) is 91.6 Å². The van der Waals surface area contributed by atoms with Crippen LogP contribution in [0.2, 0.25) is 0 Å². The van der Waals surface area contributed by atoms with Crippen LogP contribution in [0.4, 0.5) is 38.2 Å². The Morgan fingerprint density at radius 3 is 1.44 bits per heavy atom. The lowest BCUT2D eigenvalue weighted by atomic mass is 9.81. The molecular weight excluding hydrogens is 1260 g/mol. The van der Waals surface area contributed by atoms with Crippen LogP contribution in [-0.4, -0.2) is 142 Å². The number of carbonyl (C=O) groups excluding carboxylic acids is 1. The molecule has 10 heterocycles. The van der Waals surface area contributed by atoms with Crippen molar-refractivity contribution in [1.82, 2.24) is 58.0 Å². The summed E-state index contributed by atoms with van der Waals surface area (Å²) in [6, 6.07) is 18.6. The summed E-state index contributed by atoms with van der Waals surface area (Å²) >= 11 is 0. The Bertz CT molecular complexity index is 4790. The van der Waals surface area contributed by atoms with Crippen LogP contribution in [-0.2, 0) is 37.2 Å². The molecule has 6 atom stereocenters. The van der Waals surface area contributed by atoms with Gasteiger partial charge in [-0.15, -0.1) is 0 Å². The van der Waals surface area contributed by atoms with E-state index in [1.807, 2.05) is 4.90 Å². The number of rotatable bonds is 16. The molecule has 2 aliphatic carbocycles. The quantitative estimate of drug-likeness (QED) is 0.0758. The van der Waals surface area contributed by atoms with Gasteiger partial charge in [-0.1, -0.05) is 46.7 Å². The summed E-state index contributed by atoms with van der Waals surface area (Å²) < 4.78 is 160. The normalized spacial score (nSPS) is 21.0. The molecule has 14 rings (SSSR count). The van der Waals surface area contributed by atoms with Gasteiger partial charge in [0.05, 0.1) is 67.2 Å². The lowest BCUT2D eigenvalue weighted by Gasteiger charge is -2.52. The monoisotopic (exact) mass is 1320 g/mol. The predicted octanol–water partition coefficient (Wildman–Crippen LogP) is 10.3. The van der Waals surface area contributed by atoms with Crippen molar-refractivity contribution < 1.29 is 62.1 Å². The maximum absolute atomic E-state index is 15.1. The molecule has 10 aromatic rings. The smallest absolute Gasteiger partial charge is 0.390 e. The number of aryl methyl sites for hydroxylation is 4. The van der Waals surface area contributed by atoms with Crippen LogP contribution in [0, 0.1) is 33.6 Å². The molecule has 93 heavy (non-hydrogen) atoms. The molecule has 8 aromatic heterocycles. The molecule has 0 radical (unpaired) electrons. The van der Waals surface area contributed by atoms with Crippen LogP contribution in [0.5, 0.6) is 0 Å². The lowest BCUT2D eigenvalue weighted by molar-refractivity contribution is -0.155. The second-order valence-corrected chi connectivity index (χ2v) is 27.6. The molecule has 2 aromatic carbocycles. The number of pyridine rings is 2. The average molecular weight is 1320 g/mol. The number of β-amino-alcohol motifs (C(OH)–C–C–N with tert-alkyl or cyclic N) is 1. The van der Waals surface area contributed by atoms with E-state index in [-0.39, 0.29) is 96.7 Å². The number of ketones is 1. The first kappa shape index (κ1) is 61.5. The number of nitrogens with zero attached hydrogens (tertiary/aromatic N) is 12. The first-order valence-electron chi connectivity index (χ1n) is 30.0. The van der Waals surface area contributed by atoms with Crippen molar-refractivity contribution in [2.45, 2.75) is 125 Å². The highest BCUT2D eigenvalue weighted by Gasteiger charge is 2.53. The summed E-state index contributed by atoms with van der Waals surface area (Å²) in [5.74, 6) is -0.199. The third-order valence-electron chi connectivity index (χ3n) is 18.3. The van der Waals surface area contributed by atoms with E-state index in [1.54, 1.807) is 52.0 Å². The second-order valence-electron chi connectivity index (χ2n) is 24.0. The van der Waals surface area contributed by atoms with Gasteiger partial charge in [-0.25, -0.2) is 54.7 Å². The summed E-state index contributed by atoms with van der Waals surface area (Å²) in [6.07, 6.45) is -3.76. The summed E-state index contributed by atoms with van der Waals surface area (Å²) in [7, 11) is -8.91. The van der Waals surface area contributed by atoms with Gasteiger partial charge in [-0.3, -0.25) is 14.6 Å². The Morgan fingerprint density at radius 1 is 0.581 bits per heavy atom. The fraction of sp³-hybridized carbons (Fsp3) is 0.349. The predicted molar refractivity (Wildman–Crippen MR) is 326 cm³/mol. The summed E-state index contributed by atoms with van der Waals surface area (Å²) in [5.41, 5.74) is -1.84. The largest absolute Gasteiger partial charge is 0.419 e. The molecule has 0 spiro atoms. The Morgan fingerprint density at radius 2 is 1.02 bits per heavy atom. The van der Waals surface area contributed by atoms with Crippen LogP contribution in [0.3, 0.4) is 0 Å². The molecule has 30 heteroatoms. The Labute approximate surface area is 527 Å². The molecule has 22 nitrogen and oxygen atoms in total. The number of likely N-dealkylation sites (tertiary alicyclic amines) is 2. The number of fused-ring (bicyclic) bond motifs is 2. The maximum atomic E-state index is 15.1. The van der Waals surface area contributed by atoms with Crippen molar-refractivity contribution in [3.8, 4) is 45.0 Å². The number of aromatic nitrogens is 10. The highest BCUT2D eigenvalue weighted by Crippen LogP contribution is 2.45. The number of nitrogens with one attached hydrogen (secondary N) is 2. The molecule has 482 valence electrons. The van der Waals surface area contributed by atoms with E-state index in [2.05, 4.69) is 45.8 Å². The van der Waals surface area contributed by atoms with E-state index in [4.69, 9.17) is 19.0 Å². The third kappa shape index (κ3) is 10.8. The van der Waals surface area contributed by atoms with Crippen molar-refractivity contribution >= 4 is 59.8 Å². The summed E-state index contributed by atoms with van der Waals surface area (Å²) in [6.45, 7) is 7.48. The zero-order chi connectivity index (χ0) is 65.2. The zero-order valence-electron chi connectivity index (χ0n) is 50.1. The van der Waals surface area contributed by atoms with Crippen LogP contribution >= 0.6 is 0 Å². The van der Waals surface area contributed by atoms with Gasteiger partial charge in [0.2, 0.25) is 11.9 Å².